The molecule has 0 bridgehead atoms. The van der Waals surface area contributed by atoms with Gasteiger partial charge in [0.15, 0.2) is 0 Å². The van der Waals surface area contributed by atoms with Gasteiger partial charge in [-0.25, -0.2) is 8.42 Å². The largest absolute Gasteiger partial charge is 0.276 e. The van der Waals surface area contributed by atoms with Crippen molar-refractivity contribution in [2.75, 3.05) is 18.5 Å². The third-order valence-corrected chi connectivity index (χ3v) is 5.56. The monoisotopic (exact) mass is 331 g/mol. The summed E-state index contributed by atoms with van der Waals surface area (Å²) in [4.78, 5) is 0.179. The number of sulfonamides is 1. The topological polar surface area (TPSA) is 109 Å². The van der Waals surface area contributed by atoms with Gasteiger partial charge in [-0.2, -0.15) is 19.9 Å². The number of hydrogen-bond acceptors (Lipinski definition) is 6. The maximum atomic E-state index is 12.7. The number of nitrogens with zero attached hydrogens (tertiary/aromatic N) is 4. The van der Waals surface area contributed by atoms with Crippen molar-refractivity contribution in [2.45, 2.75) is 31.1 Å². The Balaban J connectivity index is 2.31. The lowest BCUT2D eigenvalue weighted by Gasteiger charge is -2.26. The Labute approximate surface area is 135 Å². The molecule has 8 heteroatoms. The van der Waals surface area contributed by atoms with Crippen molar-refractivity contribution in [1.82, 2.24) is 4.31 Å². The first kappa shape index (κ1) is 16.9. The second kappa shape index (κ2) is 7.23. The highest BCUT2D eigenvalue weighted by Crippen LogP contribution is 2.25. The molecule has 0 unspecified atom stereocenters. The summed E-state index contributed by atoms with van der Waals surface area (Å²) >= 11 is 0. The number of aryl methyl sites for hydroxylation is 1. The van der Waals surface area contributed by atoms with Gasteiger partial charge < -0.3 is 0 Å². The Morgan fingerprint density at radius 3 is 2.48 bits per heavy atom. The molecule has 23 heavy (non-hydrogen) atoms. The first-order chi connectivity index (χ1) is 11.0. The van der Waals surface area contributed by atoms with E-state index in [1.54, 1.807) is 31.2 Å². The van der Waals surface area contributed by atoms with Gasteiger partial charge in [0.1, 0.15) is 12.1 Å². The second-order valence-electron chi connectivity index (χ2n) is 5.24. The number of anilines is 1. The van der Waals surface area contributed by atoms with Crippen molar-refractivity contribution < 1.29 is 8.42 Å². The van der Waals surface area contributed by atoms with Crippen molar-refractivity contribution in [1.29, 1.82) is 10.5 Å². The lowest BCUT2D eigenvalue weighted by molar-refractivity contribution is 0.346. The Morgan fingerprint density at radius 1 is 1.22 bits per heavy atom. The van der Waals surface area contributed by atoms with Crippen LogP contribution in [0.1, 0.15) is 24.8 Å². The molecule has 1 aliphatic heterocycles. The molecular formula is C15H17N5O2S. The number of benzene rings is 1. The first-order valence-electron chi connectivity index (χ1n) is 7.23. The van der Waals surface area contributed by atoms with Crippen molar-refractivity contribution in [3.05, 3.63) is 23.8 Å². The van der Waals surface area contributed by atoms with Crippen LogP contribution in [0.3, 0.4) is 0 Å². The molecule has 7 nitrogen and oxygen atoms in total. The minimum Gasteiger partial charge on any atom is -0.276 e. The van der Waals surface area contributed by atoms with Crippen molar-refractivity contribution >= 4 is 21.4 Å². The van der Waals surface area contributed by atoms with Crippen LogP contribution >= 0.6 is 0 Å². The summed E-state index contributed by atoms with van der Waals surface area (Å²) in [6.07, 6.45) is 2.79. The van der Waals surface area contributed by atoms with Crippen LogP contribution in [0.2, 0.25) is 0 Å². The molecule has 0 amide bonds. The van der Waals surface area contributed by atoms with E-state index in [4.69, 9.17) is 10.5 Å². The third kappa shape index (κ3) is 3.86. The van der Waals surface area contributed by atoms with Crippen molar-refractivity contribution in [3.63, 3.8) is 0 Å². The number of nitrogens with one attached hydrogen (secondary N) is 1. The molecule has 1 aromatic carbocycles. The van der Waals surface area contributed by atoms with E-state index in [1.807, 2.05) is 0 Å². The normalized spacial score (nSPS) is 15.3. The molecule has 1 aliphatic rings. The Hall–Kier alpha value is -2.42. The molecule has 1 fully saturated rings. The molecule has 0 spiro atoms. The predicted octanol–water partition coefficient (Wildman–Crippen LogP) is 1.98. The summed E-state index contributed by atoms with van der Waals surface area (Å²) in [6, 6.07) is 7.99. The molecule has 2 rings (SSSR count). The van der Waals surface area contributed by atoms with Gasteiger partial charge in [-0.15, -0.1) is 0 Å². The van der Waals surface area contributed by atoms with Gasteiger partial charge in [0.2, 0.25) is 15.7 Å². The Morgan fingerprint density at radius 2 is 1.87 bits per heavy atom. The molecule has 1 aromatic rings. The van der Waals surface area contributed by atoms with Crippen LogP contribution in [-0.4, -0.2) is 31.5 Å². The van der Waals surface area contributed by atoms with Crippen LogP contribution in [0.15, 0.2) is 28.2 Å². The zero-order valence-corrected chi connectivity index (χ0v) is 13.6. The summed E-state index contributed by atoms with van der Waals surface area (Å²) in [5.41, 5.74) is 3.48. The van der Waals surface area contributed by atoms with E-state index in [2.05, 4.69) is 10.5 Å². The fraction of sp³-hybridized carbons (Fsp3) is 0.400. The fourth-order valence-electron chi connectivity index (χ4n) is 2.33. The lowest BCUT2D eigenvalue weighted by Crippen LogP contribution is -2.35. The molecule has 0 radical (unpaired) electrons. The van der Waals surface area contributed by atoms with E-state index in [-0.39, 0.29) is 10.6 Å². The molecule has 0 aliphatic carbocycles. The van der Waals surface area contributed by atoms with E-state index in [0.717, 1.165) is 24.8 Å². The zero-order chi connectivity index (χ0) is 16.9. The average Bonchev–Trinajstić information content (AvgIpc) is 2.58. The summed E-state index contributed by atoms with van der Waals surface area (Å²) < 4.78 is 26.8. The van der Waals surface area contributed by atoms with Gasteiger partial charge in [0.05, 0.1) is 10.6 Å². The predicted molar refractivity (Wildman–Crippen MR) is 86.1 cm³/mol. The maximum Gasteiger partial charge on any atom is 0.243 e. The van der Waals surface area contributed by atoms with E-state index < -0.39 is 10.0 Å². The van der Waals surface area contributed by atoms with Gasteiger partial charge in [0, 0.05) is 13.1 Å². The van der Waals surface area contributed by atoms with Gasteiger partial charge in [-0.3, -0.25) is 5.43 Å². The second-order valence-corrected chi connectivity index (χ2v) is 7.18. The fourth-order valence-corrected chi connectivity index (χ4v) is 3.87. The van der Waals surface area contributed by atoms with Crippen LogP contribution in [0, 0.1) is 29.6 Å². The third-order valence-electron chi connectivity index (χ3n) is 3.66. The van der Waals surface area contributed by atoms with E-state index in [9.17, 15) is 8.42 Å². The number of hydrogen-bond donors (Lipinski definition) is 1. The minimum absolute atomic E-state index is 0.179. The standard InChI is InChI=1S/C15H17N5O2S/c1-12-5-6-14(9-15(12)19-18-13(10-16)11-17)23(21,22)20-7-3-2-4-8-20/h5-6,9,19H,2-4,7-8H2,1H3. The van der Waals surface area contributed by atoms with Gasteiger partial charge in [-0.05, 0) is 37.5 Å². The summed E-state index contributed by atoms with van der Waals surface area (Å²) in [5.74, 6) is 0. The smallest absolute Gasteiger partial charge is 0.243 e. The molecule has 0 atom stereocenters. The molecule has 0 saturated carbocycles. The van der Waals surface area contributed by atoms with E-state index in [1.165, 1.54) is 10.4 Å². The lowest BCUT2D eigenvalue weighted by atomic mass is 10.2. The van der Waals surface area contributed by atoms with E-state index >= 15 is 0 Å². The zero-order valence-electron chi connectivity index (χ0n) is 12.8. The highest BCUT2D eigenvalue weighted by molar-refractivity contribution is 7.89. The van der Waals surface area contributed by atoms with Crippen molar-refractivity contribution in [2.24, 2.45) is 5.10 Å². The Bertz CT molecular complexity index is 780. The number of nitriles is 2. The first-order valence-corrected chi connectivity index (χ1v) is 8.68. The van der Waals surface area contributed by atoms with Crippen LogP contribution in [-0.2, 0) is 10.0 Å². The highest BCUT2D eigenvalue weighted by Gasteiger charge is 2.26. The number of rotatable bonds is 4. The number of hydrazone groups is 1. The molecule has 1 heterocycles. The summed E-state index contributed by atoms with van der Waals surface area (Å²) in [6.45, 7) is 2.85. The quantitative estimate of drug-likeness (QED) is 0.670. The number of piperidine rings is 1. The molecule has 1 saturated heterocycles. The molecule has 1 N–H and O–H groups in total. The van der Waals surface area contributed by atoms with Gasteiger partial charge in [-0.1, -0.05) is 12.5 Å². The molecule has 0 aromatic heterocycles. The molecular weight excluding hydrogens is 314 g/mol. The minimum atomic E-state index is -3.54. The molecule has 120 valence electrons. The van der Waals surface area contributed by atoms with E-state index in [0.29, 0.717) is 18.8 Å². The van der Waals surface area contributed by atoms with Crippen LogP contribution < -0.4 is 5.43 Å². The SMILES string of the molecule is Cc1ccc(S(=O)(=O)N2CCCCC2)cc1NN=C(C#N)C#N. The van der Waals surface area contributed by atoms with Gasteiger partial charge in [0.25, 0.3) is 0 Å². The highest BCUT2D eigenvalue weighted by atomic mass is 32.2. The van der Waals surface area contributed by atoms with Crippen LogP contribution in [0.5, 0.6) is 0 Å². The average molecular weight is 331 g/mol. The van der Waals surface area contributed by atoms with Gasteiger partial charge >= 0.3 is 0 Å². The summed E-state index contributed by atoms with van der Waals surface area (Å²) in [5, 5.41) is 21.0. The summed E-state index contributed by atoms with van der Waals surface area (Å²) in [7, 11) is -3.54. The Kier molecular flexibility index (Phi) is 5.32. The van der Waals surface area contributed by atoms with Crippen molar-refractivity contribution in [3.8, 4) is 12.1 Å². The van der Waals surface area contributed by atoms with Crippen LogP contribution in [0.25, 0.3) is 0 Å². The van der Waals surface area contributed by atoms with Crippen LogP contribution in [0.4, 0.5) is 5.69 Å². The maximum absolute atomic E-state index is 12.7.